The van der Waals surface area contributed by atoms with E-state index < -0.39 is 0 Å². The third-order valence-corrected chi connectivity index (χ3v) is 3.52. The molecule has 0 aliphatic rings. The molecular formula is C15H16ClN3O2. The van der Waals surface area contributed by atoms with Crippen molar-refractivity contribution < 1.29 is 9.90 Å². The minimum Gasteiger partial charge on any atom is -0.396 e. The third kappa shape index (κ3) is 3.56. The zero-order valence-corrected chi connectivity index (χ0v) is 12.4. The third-order valence-electron chi connectivity index (χ3n) is 3.24. The Morgan fingerprint density at radius 1 is 1.38 bits per heavy atom. The molecule has 0 aliphatic carbocycles. The molecule has 0 fully saturated rings. The number of carbonyl (C=O) groups excluding carboxylic acids is 1. The van der Waals surface area contributed by atoms with Crippen LogP contribution < -0.4 is 0 Å². The van der Waals surface area contributed by atoms with Crippen LogP contribution in [-0.2, 0) is 0 Å². The summed E-state index contributed by atoms with van der Waals surface area (Å²) < 4.78 is 0. The van der Waals surface area contributed by atoms with E-state index in [9.17, 15) is 9.90 Å². The van der Waals surface area contributed by atoms with Crippen LogP contribution >= 0.6 is 11.6 Å². The summed E-state index contributed by atoms with van der Waals surface area (Å²) in [6.07, 6.45) is 3.12. The first-order valence-electron chi connectivity index (χ1n) is 6.53. The van der Waals surface area contributed by atoms with Crippen LogP contribution in [0, 0.1) is 0 Å². The van der Waals surface area contributed by atoms with Gasteiger partial charge >= 0.3 is 0 Å². The van der Waals surface area contributed by atoms with Crippen molar-refractivity contribution in [3.05, 3.63) is 59.1 Å². The van der Waals surface area contributed by atoms with E-state index in [1.807, 2.05) is 30.3 Å². The summed E-state index contributed by atoms with van der Waals surface area (Å²) in [5.41, 5.74) is 1.11. The second-order valence-electron chi connectivity index (χ2n) is 4.57. The van der Waals surface area contributed by atoms with Gasteiger partial charge in [-0.15, -0.1) is 0 Å². The van der Waals surface area contributed by atoms with Gasteiger partial charge in [-0.25, -0.2) is 9.97 Å². The van der Waals surface area contributed by atoms with Crippen LogP contribution in [0.1, 0.15) is 28.5 Å². The Labute approximate surface area is 128 Å². The van der Waals surface area contributed by atoms with Gasteiger partial charge < -0.3 is 10.0 Å². The summed E-state index contributed by atoms with van der Waals surface area (Å²) in [7, 11) is 1.67. The molecule has 110 valence electrons. The van der Waals surface area contributed by atoms with Gasteiger partial charge in [0, 0.05) is 19.9 Å². The second-order valence-corrected chi connectivity index (χ2v) is 4.98. The standard InChI is InChI=1S/C15H16ClN3O2/c1-19(15(21)14-12(16)9-17-10-18-14)13(7-8-20)11-5-3-2-4-6-11/h2-6,9-10,13,20H,7-8H2,1H3. The number of hydrogen-bond donors (Lipinski definition) is 1. The lowest BCUT2D eigenvalue weighted by molar-refractivity contribution is 0.0699. The molecule has 0 saturated heterocycles. The van der Waals surface area contributed by atoms with Gasteiger partial charge in [0.2, 0.25) is 0 Å². The van der Waals surface area contributed by atoms with Gasteiger partial charge in [-0.1, -0.05) is 41.9 Å². The highest BCUT2D eigenvalue weighted by atomic mass is 35.5. The van der Waals surface area contributed by atoms with Crippen molar-refractivity contribution in [1.29, 1.82) is 0 Å². The summed E-state index contributed by atoms with van der Waals surface area (Å²) in [6, 6.07) is 9.31. The molecule has 2 aromatic rings. The monoisotopic (exact) mass is 305 g/mol. The van der Waals surface area contributed by atoms with Gasteiger partial charge in [-0.05, 0) is 12.0 Å². The topological polar surface area (TPSA) is 66.3 Å². The van der Waals surface area contributed by atoms with Crippen molar-refractivity contribution >= 4 is 17.5 Å². The van der Waals surface area contributed by atoms with E-state index in [1.54, 1.807) is 11.9 Å². The SMILES string of the molecule is CN(C(=O)c1ncncc1Cl)C(CCO)c1ccccc1. The second kappa shape index (κ2) is 7.15. The van der Waals surface area contributed by atoms with Gasteiger partial charge in [0.05, 0.1) is 11.1 Å². The van der Waals surface area contributed by atoms with E-state index in [-0.39, 0.29) is 29.3 Å². The molecule has 0 radical (unpaired) electrons. The van der Waals surface area contributed by atoms with E-state index >= 15 is 0 Å². The first kappa shape index (κ1) is 15.4. The quantitative estimate of drug-likeness (QED) is 0.920. The number of hydrogen-bond acceptors (Lipinski definition) is 4. The van der Waals surface area contributed by atoms with Crippen LogP contribution in [0.25, 0.3) is 0 Å². The minimum absolute atomic E-state index is 0.0192. The summed E-state index contributed by atoms with van der Waals surface area (Å²) >= 11 is 5.97. The summed E-state index contributed by atoms with van der Waals surface area (Å²) in [6.45, 7) is -0.0192. The zero-order chi connectivity index (χ0) is 15.2. The molecule has 0 saturated carbocycles. The highest BCUT2D eigenvalue weighted by Crippen LogP contribution is 2.25. The van der Waals surface area contributed by atoms with E-state index in [1.165, 1.54) is 12.5 Å². The molecular weight excluding hydrogens is 290 g/mol. The lowest BCUT2D eigenvalue weighted by Gasteiger charge is -2.28. The van der Waals surface area contributed by atoms with Crippen LogP contribution in [0.5, 0.6) is 0 Å². The molecule has 1 atom stereocenters. The first-order chi connectivity index (χ1) is 10.1. The Morgan fingerprint density at radius 3 is 2.71 bits per heavy atom. The lowest BCUT2D eigenvalue weighted by Crippen LogP contribution is -2.32. The fraction of sp³-hybridized carbons (Fsp3) is 0.267. The number of amides is 1. The van der Waals surface area contributed by atoms with Crippen LogP contribution in [-0.4, -0.2) is 39.5 Å². The number of aliphatic hydroxyl groups excluding tert-OH is 1. The fourth-order valence-corrected chi connectivity index (χ4v) is 2.35. The van der Waals surface area contributed by atoms with E-state index in [4.69, 9.17) is 11.6 Å². The van der Waals surface area contributed by atoms with E-state index in [0.29, 0.717) is 6.42 Å². The van der Waals surface area contributed by atoms with Crippen LogP contribution in [0.4, 0.5) is 0 Å². The summed E-state index contributed by atoms with van der Waals surface area (Å²) in [4.78, 5) is 21.8. The average molecular weight is 306 g/mol. The number of halogens is 1. The molecule has 1 heterocycles. The van der Waals surface area contributed by atoms with Crippen molar-refractivity contribution in [1.82, 2.24) is 14.9 Å². The normalized spacial score (nSPS) is 12.0. The Kier molecular flexibility index (Phi) is 5.25. The molecule has 1 amide bonds. The molecule has 6 heteroatoms. The van der Waals surface area contributed by atoms with Crippen molar-refractivity contribution in [3.8, 4) is 0 Å². The van der Waals surface area contributed by atoms with Gasteiger partial charge in [-0.2, -0.15) is 0 Å². The smallest absolute Gasteiger partial charge is 0.274 e. The Hall–Kier alpha value is -1.98. The Bertz CT molecular complexity index is 607. The maximum Gasteiger partial charge on any atom is 0.274 e. The highest BCUT2D eigenvalue weighted by molar-refractivity contribution is 6.33. The maximum absolute atomic E-state index is 12.5. The number of aliphatic hydroxyl groups is 1. The number of nitrogens with zero attached hydrogens (tertiary/aromatic N) is 3. The zero-order valence-electron chi connectivity index (χ0n) is 11.6. The van der Waals surface area contributed by atoms with Gasteiger partial charge in [-0.3, -0.25) is 4.79 Å². The number of benzene rings is 1. The lowest BCUT2D eigenvalue weighted by atomic mass is 10.0. The van der Waals surface area contributed by atoms with Crippen molar-refractivity contribution in [2.45, 2.75) is 12.5 Å². The molecule has 0 aliphatic heterocycles. The Morgan fingerprint density at radius 2 is 2.10 bits per heavy atom. The van der Waals surface area contributed by atoms with Crippen LogP contribution in [0.3, 0.4) is 0 Å². The maximum atomic E-state index is 12.5. The molecule has 1 N–H and O–H groups in total. The summed E-state index contributed by atoms with van der Waals surface area (Å²) in [5, 5.41) is 9.48. The number of aromatic nitrogens is 2. The first-order valence-corrected chi connectivity index (χ1v) is 6.91. The number of carbonyl (C=O) groups is 1. The van der Waals surface area contributed by atoms with Crippen LogP contribution in [0.15, 0.2) is 42.9 Å². The predicted octanol–water partition coefficient (Wildman–Crippen LogP) is 2.33. The Balaban J connectivity index is 2.29. The van der Waals surface area contributed by atoms with Crippen molar-refractivity contribution in [2.24, 2.45) is 0 Å². The van der Waals surface area contributed by atoms with Gasteiger partial charge in [0.15, 0.2) is 0 Å². The molecule has 1 aromatic heterocycles. The highest BCUT2D eigenvalue weighted by Gasteiger charge is 2.24. The van der Waals surface area contributed by atoms with E-state index in [0.717, 1.165) is 5.56 Å². The fourth-order valence-electron chi connectivity index (χ4n) is 2.16. The number of rotatable bonds is 5. The molecule has 1 unspecified atom stereocenters. The van der Waals surface area contributed by atoms with Gasteiger partial charge in [0.1, 0.15) is 12.0 Å². The largest absolute Gasteiger partial charge is 0.396 e. The summed E-state index contributed by atoms with van der Waals surface area (Å²) in [5.74, 6) is -0.301. The van der Waals surface area contributed by atoms with E-state index in [2.05, 4.69) is 9.97 Å². The van der Waals surface area contributed by atoms with Crippen LogP contribution in [0.2, 0.25) is 5.02 Å². The predicted molar refractivity (Wildman–Crippen MR) is 80.0 cm³/mol. The molecule has 0 bridgehead atoms. The van der Waals surface area contributed by atoms with Crippen molar-refractivity contribution in [3.63, 3.8) is 0 Å². The molecule has 0 spiro atoms. The minimum atomic E-state index is -0.301. The molecule has 21 heavy (non-hydrogen) atoms. The molecule has 2 rings (SSSR count). The molecule has 5 nitrogen and oxygen atoms in total. The van der Waals surface area contributed by atoms with Crippen molar-refractivity contribution in [2.75, 3.05) is 13.7 Å². The van der Waals surface area contributed by atoms with Gasteiger partial charge in [0.25, 0.3) is 5.91 Å². The average Bonchev–Trinajstić information content (AvgIpc) is 2.52. The molecule has 1 aromatic carbocycles.